The number of aliphatic hydroxyl groups excluding tert-OH is 1. The maximum atomic E-state index is 9.56. The molecule has 2 N–H and O–H groups in total. The van der Waals surface area contributed by atoms with Crippen molar-refractivity contribution < 1.29 is 5.11 Å². The Morgan fingerprint density at radius 2 is 2.00 bits per heavy atom. The summed E-state index contributed by atoms with van der Waals surface area (Å²) in [6, 6.07) is 0. The first-order chi connectivity index (χ1) is 6.37. The molecule has 1 unspecified atom stereocenters. The molecule has 13 heavy (non-hydrogen) atoms. The molecule has 0 radical (unpaired) electrons. The monoisotopic (exact) mass is 183 g/mol. The zero-order valence-corrected chi connectivity index (χ0v) is 8.39. The molecule has 1 aliphatic carbocycles. The fraction of sp³-hybridized carbons (Fsp3) is 1.00. The fourth-order valence-corrected chi connectivity index (χ4v) is 3.14. The van der Waals surface area contributed by atoms with Crippen LogP contribution in [-0.4, -0.2) is 24.8 Å². The third kappa shape index (κ3) is 1.75. The second kappa shape index (κ2) is 3.97. The lowest BCUT2D eigenvalue weighted by Crippen LogP contribution is -2.46. The fourth-order valence-electron chi connectivity index (χ4n) is 3.14. The standard InChI is InChI=1S/C11H21NO/c13-9-11(6-3-7-12-8-11)10-4-1-2-5-10/h10,12-13H,1-9H2. The molecule has 0 spiro atoms. The Morgan fingerprint density at radius 3 is 2.54 bits per heavy atom. The molecule has 1 saturated heterocycles. The van der Waals surface area contributed by atoms with Crippen molar-refractivity contribution in [3.8, 4) is 0 Å². The van der Waals surface area contributed by atoms with Crippen LogP contribution in [-0.2, 0) is 0 Å². The molecule has 0 aromatic rings. The summed E-state index contributed by atoms with van der Waals surface area (Å²) >= 11 is 0. The molecule has 76 valence electrons. The van der Waals surface area contributed by atoms with Crippen LogP contribution in [0.5, 0.6) is 0 Å². The Kier molecular flexibility index (Phi) is 2.89. The number of nitrogens with one attached hydrogen (secondary N) is 1. The van der Waals surface area contributed by atoms with E-state index in [-0.39, 0.29) is 5.41 Å². The summed E-state index contributed by atoms with van der Waals surface area (Å²) in [7, 11) is 0. The van der Waals surface area contributed by atoms with Gasteiger partial charge in [0.05, 0.1) is 6.61 Å². The van der Waals surface area contributed by atoms with Gasteiger partial charge < -0.3 is 10.4 Å². The third-order valence-electron chi connectivity index (χ3n) is 4.04. The van der Waals surface area contributed by atoms with Gasteiger partial charge in [-0.3, -0.25) is 0 Å². The van der Waals surface area contributed by atoms with Crippen LogP contribution in [0.15, 0.2) is 0 Å². The van der Waals surface area contributed by atoms with Crippen molar-refractivity contribution in [3.63, 3.8) is 0 Å². The molecule has 2 fully saturated rings. The van der Waals surface area contributed by atoms with E-state index in [1.54, 1.807) is 0 Å². The van der Waals surface area contributed by atoms with E-state index in [0.717, 1.165) is 19.0 Å². The highest BCUT2D eigenvalue weighted by Crippen LogP contribution is 2.43. The summed E-state index contributed by atoms with van der Waals surface area (Å²) in [5, 5.41) is 13.0. The van der Waals surface area contributed by atoms with Crippen LogP contribution in [0.25, 0.3) is 0 Å². The summed E-state index contributed by atoms with van der Waals surface area (Å²) in [4.78, 5) is 0. The summed E-state index contributed by atoms with van der Waals surface area (Å²) in [5.74, 6) is 0.797. The summed E-state index contributed by atoms with van der Waals surface area (Å²) < 4.78 is 0. The summed E-state index contributed by atoms with van der Waals surface area (Å²) in [6.45, 7) is 2.59. The van der Waals surface area contributed by atoms with Gasteiger partial charge in [-0.2, -0.15) is 0 Å². The highest BCUT2D eigenvalue weighted by Gasteiger charge is 2.40. The zero-order valence-electron chi connectivity index (χ0n) is 8.39. The van der Waals surface area contributed by atoms with Crippen molar-refractivity contribution in [3.05, 3.63) is 0 Å². The van der Waals surface area contributed by atoms with Crippen LogP contribution >= 0.6 is 0 Å². The minimum atomic E-state index is 0.245. The molecule has 2 rings (SSSR count). The molecule has 1 saturated carbocycles. The molecule has 1 aliphatic heterocycles. The lowest BCUT2D eigenvalue weighted by atomic mass is 9.70. The van der Waals surface area contributed by atoms with Gasteiger partial charge in [0.2, 0.25) is 0 Å². The molecular formula is C11H21NO. The predicted octanol–water partition coefficient (Wildman–Crippen LogP) is 1.54. The molecule has 2 aliphatic rings. The van der Waals surface area contributed by atoms with E-state index in [0.29, 0.717) is 6.61 Å². The Morgan fingerprint density at radius 1 is 1.23 bits per heavy atom. The van der Waals surface area contributed by atoms with E-state index in [1.165, 1.54) is 38.5 Å². The molecule has 2 nitrogen and oxygen atoms in total. The number of hydrogen-bond donors (Lipinski definition) is 2. The van der Waals surface area contributed by atoms with Gasteiger partial charge in [-0.25, -0.2) is 0 Å². The van der Waals surface area contributed by atoms with Gasteiger partial charge in [-0.05, 0) is 38.1 Å². The third-order valence-corrected chi connectivity index (χ3v) is 4.04. The zero-order chi connectivity index (χ0) is 9.15. The summed E-state index contributed by atoms with van der Waals surface area (Å²) in [5.41, 5.74) is 0.245. The maximum Gasteiger partial charge on any atom is 0.0502 e. The van der Waals surface area contributed by atoms with Crippen LogP contribution in [0.4, 0.5) is 0 Å². The maximum absolute atomic E-state index is 9.56. The lowest BCUT2D eigenvalue weighted by Gasteiger charge is -2.41. The molecule has 1 atom stereocenters. The van der Waals surface area contributed by atoms with Crippen molar-refractivity contribution in [1.82, 2.24) is 5.32 Å². The highest BCUT2D eigenvalue weighted by molar-refractivity contribution is 4.92. The summed E-state index contributed by atoms with van der Waals surface area (Å²) in [6.07, 6.45) is 7.95. The van der Waals surface area contributed by atoms with E-state index in [4.69, 9.17) is 0 Å². The molecular weight excluding hydrogens is 162 g/mol. The first-order valence-corrected chi connectivity index (χ1v) is 5.69. The second-order valence-corrected chi connectivity index (χ2v) is 4.78. The van der Waals surface area contributed by atoms with E-state index < -0.39 is 0 Å². The lowest BCUT2D eigenvalue weighted by molar-refractivity contribution is 0.0377. The van der Waals surface area contributed by atoms with Crippen LogP contribution in [0.1, 0.15) is 38.5 Å². The quantitative estimate of drug-likeness (QED) is 0.680. The van der Waals surface area contributed by atoms with Crippen LogP contribution < -0.4 is 5.32 Å². The van der Waals surface area contributed by atoms with Crippen molar-refractivity contribution >= 4 is 0 Å². The minimum absolute atomic E-state index is 0.245. The minimum Gasteiger partial charge on any atom is -0.396 e. The van der Waals surface area contributed by atoms with Gasteiger partial charge >= 0.3 is 0 Å². The van der Waals surface area contributed by atoms with Gasteiger partial charge in [0.25, 0.3) is 0 Å². The van der Waals surface area contributed by atoms with Gasteiger partial charge in [0.15, 0.2) is 0 Å². The number of piperidine rings is 1. The molecule has 0 bridgehead atoms. The SMILES string of the molecule is OCC1(C2CCCC2)CCCNC1. The van der Waals surface area contributed by atoms with E-state index >= 15 is 0 Å². The number of aliphatic hydroxyl groups is 1. The van der Waals surface area contributed by atoms with Crippen molar-refractivity contribution in [2.75, 3.05) is 19.7 Å². The predicted molar refractivity (Wildman–Crippen MR) is 53.6 cm³/mol. The second-order valence-electron chi connectivity index (χ2n) is 4.78. The van der Waals surface area contributed by atoms with E-state index in [9.17, 15) is 5.11 Å². The van der Waals surface area contributed by atoms with E-state index in [1.807, 2.05) is 0 Å². The molecule has 0 amide bonds. The Labute approximate surface area is 80.7 Å². The number of rotatable bonds is 2. The molecule has 2 heteroatoms. The van der Waals surface area contributed by atoms with Crippen molar-refractivity contribution in [2.45, 2.75) is 38.5 Å². The van der Waals surface area contributed by atoms with Gasteiger partial charge in [0, 0.05) is 12.0 Å². The van der Waals surface area contributed by atoms with E-state index in [2.05, 4.69) is 5.32 Å². The Bertz CT molecular complexity index is 157. The first kappa shape index (κ1) is 9.47. The van der Waals surface area contributed by atoms with Crippen LogP contribution in [0.3, 0.4) is 0 Å². The van der Waals surface area contributed by atoms with Crippen molar-refractivity contribution in [2.24, 2.45) is 11.3 Å². The average molecular weight is 183 g/mol. The smallest absolute Gasteiger partial charge is 0.0502 e. The average Bonchev–Trinajstić information content (AvgIpc) is 2.72. The van der Waals surface area contributed by atoms with Gasteiger partial charge in [-0.15, -0.1) is 0 Å². The largest absolute Gasteiger partial charge is 0.396 e. The number of hydrogen-bond acceptors (Lipinski definition) is 2. The Hall–Kier alpha value is -0.0800. The highest BCUT2D eigenvalue weighted by atomic mass is 16.3. The molecule has 1 heterocycles. The van der Waals surface area contributed by atoms with Gasteiger partial charge in [-0.1, -0.05) is 12.8 Å². The normalized spacial score (nSPS) is 36.7. The van der Waals surface area contributed by atoms with Crippen LogP contribution in [0.2, 0.25) is 0 Å². The topological polar surface area (TPSA) is 32.3 Å². The first-order valence-electron chi connectivity index (χ1n) is 5.69. The van der Waals surface area contributed by atoms with Crippen LogP contribution in [0, 0.1) is 11.3 Å². The Balaban J connectivity index is 2.03. The van der Waals surface area contributed by atoms with Gasteiger partial charge in [0.1, 0.15) is 0 Å². The molecule has 0 aromatic heterocycles. The molecule has 0 aromatic carbocycles. The van der Waals surface area contributed by atoms with Crippen molar-refractivity contribution in [1.29, 1.82) is 0 Å².